The molecule has 4 nitrogen and oxygen atoms in total. The lowest BCUT2D eigenvalue weighted by atomic mass is 10.2. The van der Waals surface area contributed by atoms with Gasteiger partial charge in [-0.2, -0.15) is 0 Å². The second-order valence-electron chi connectivity index (χ2n) is 5.06. The Morgan fingerprint density at radius 2 is 1.83 bits per heavy atom. The molecule has 0 radical (unpaired) electrons. The van der Waals surface area contributed by atoms with Gasteiger partial charge in [0, 0.05) is 28.1 Å². The number of carbonyl (C=O) groups excluding carboxylic acids is 1. The average molecular weight is 403 g/mol. The number of anilines is 1. The maximum absolute atomic E-state index is 13.0. The summed E-state index contributed by atoms with van der Waals surface area (Å²) in [5.74, 6) is -0.160. The first-order chi connectivity index (χ1) is 11.6. The van der Waals surface area contributed by atoms with Gasteiger partial charge in [-0.15, -0.1) is 0 Å². The molecule has 0 saturated carbocycles. The first-order valence-corrected chi connectivity index (χ1v) is 8.39. The molecule has 0 atom stereocenters. The predicted molar refractivity (Wildman–Crippen MR) is 98.1 cm³/mol. The Morgan fingerprint density at radius 3 is 2.50 bits per heavy atom. The van der Waals surface area contributed by atoms with Crippen LogP contribution in [0.25, 0.3) is 0 Å². The van der Waals surface area contributed by atoms with Crippen molar-refractivity contribution in [2.45, 2.75) is 6.54 Å². The van der Waals surface area contributed by atoms with E-state index in [-0.39, 0.29) is 11.1 Å². The van der Waals surface area contributed by atoms with Crippen molar-refractivity contribution >= 4 is 39.1 Å². The van der Waals surface area contributed by atoms with Crippen molar-refractivity contribution in [3.05, 3.63) is 87.9 Å². The van der Waals surface area contributed by atoms with Gasteiger partial charge in [0.05, 0.1) is 12.2 Å². The fourth-order valence-electron chi connectivity index (χ4n) is 2.25. The molecule has 120 valence electrons. The normalized spacial score (nSPS) is 10.4. The van der Waals surface area contributed by atoms with Crippen LogP contribution in [0.1, 0.15) is 16.1 Å². The molecule has 3 aromatic rings. The molecule has 0 saturated heterocycles. The minimum absolute atomic E-state index is 0.160. The van der Waals surface area contributed by atoms with Crippen LogP contribution in [-0.2, 0) is 6.54 Å². The molecule has 0 aliphatic heterocycles. The number of pyridine rings is 2. The highest BCUT2D eigenvalue weighted by Crippen LogP contribution is 2.22. The van der Waals surface area contributed by atoms with Crippen molar-refractivity contribution in [1.82, 2.24) is 9.97 Å². The molecule has 2 heterocycles. The minimum atomic E-state index is -0.160. The molecule has 0 aliphatic carbocycles. The monoisotopic (exact) mass is 401 g/mol. The van der Waals surface area contributed by atoms with E-state index in [4.69, 9.17) is 11.6 Å². The van der Waals surface area contributed by atoms with E-state index in [0.717, 1.165) is 15.9 Å². The lowest BCUT2D eigenvalue weighted by Crippen LogP contribution is -2.30. The summed E-state index contributed by atoms with van der Waals surface area (Å²) in [5, 5.41) is 0.287. The molecular formula is C18H13BrClN3O. The average Bonchev–Trinajstić information content (AvgIpc) is 2.61. The van der Waals surface area contributed by atoms with E-state index in [1.165, 1.54) is 6.20 Å². The molecule has 6 heteroatoms. The summed E-state index contributed by atoms with van der Waals surface area (Å²) >= 11 is 9.33. The smallest absolute Gasteiger partial charge is 0.258 e. The van der Waals surface area contributed by atoms with Gasteiger partial charge in [-0.1, -0.05) is 33.6 Å². The number of aromatic nitrogens is 2. The van der Waals surface area contributed by atoms with Gasteiger partial charge in [0.1, 0.15) is 5.15 Å². The van der Waals surface area contributed by atoms with Gasteiger partial charge in [-0.3, -0.25) is 9.78 Å². The highest BCUT2D eigenvalue weighted by atomic mass is 79.9. The number of rotatable bonds is 4. The summed E-state index contributed by atoms with van der Waals surface area (Å²) < 4.78 is 0.948. The predicted octanol–water partition coefficient (Wildman–Crippen LogP) is 4.74. The van der Waals surface area contributed by atoms with Gasteiger partial charge >= 0.3 is 0 Å². The zero-order valence-corrected chi connectivity index (χ0v) is 14.9. The molecule has 0 bridgehead atoms. The first kappa shape index (κ1) is 16.6. The Bertz CT molecular complexity index is 840. The number of nitrogens with zero attached hydrogens (tertiary/aromatic N) is 3. The van der Waals surface area contributed by atoms with Gasteiger partial charge in [0.15, 0.2) is 0 Å². The molecule has 0 spiro atoms. The SMILES string of the molecule is O=C(c1ccnc(Cl)c1)N(Cc1ccccn1)c1ccc(Br)cc1. The van der Waals surface area contributed by atoms with Crippen LogP contribution >= 0.6 is 27.5 Å². The summed E-state index contributed by atoms with van der Waals surface area (Å²) in [6.07, 6.45) is 3.24. The van der Waals surface area contributed by atoms with Crippen LogP contribution in [0.2, 0.25) is 5.15 Å². The molecule has 2 aromatic heterocycles. The van der Waals surface area contributed by atoms with E-state index in [9.17, 15) is 4.79 Å². The van der Waals surface area contributed by atoms with Crippen LogP contribution < -0.4 is 4.90 Å². The molecule has 0 unspecified atom stereocenters. The molecule has 24 heavy (non-hydrogen) atoms. The third kappa shape index (κ3) is 3.99. The maximum Gasteiger partial charge on any atom is 0.258 e. The Hall–Kier alpha value is -2.24. The molecular weight excluding hydrogens is 390 g/mol. The van der Waals surface area contributed by atoms with E-state index < -0.39 is 0 Å². The zero-order chi connectivity index (χ0) is 16.9. The van der Waals surface area contributed by atoms with Crippen LogP contribution in [0.3, 0.4) is 0 Å². The second-order valence-corrected chi connectivity index (χ2v) is 6.36. The summed E-state index contributed by atoms with van der Waals surface area (Å²) in [4.78, 5) is 22.9. The fourth-order valence-corrected chi connectivity index (χ4v) is 2.68. The largest absolute Gasteiger partial charge is 0.302 e. The molecule has 0 aliphatic rings. The van der Waals surface area contributed by atoms with E-state index in [1.54, 1.807) is 23.2 Å². The number of benzene rings is 1. The Labute approximate surface area is 153 Å². The van der Waals surface area contributed by atoms with Gasteiger partial charge in [-0.25, -0.2) is 4.98 Å². The minimum Gasteiger partial charge on any atom is -0.302 e. The highest BCUT2D eigenvalue weighted by Gasteiger charge is 2.19. The van der Waals surface area contributed by atoms with Crippen LogP contribution in [0, 0.1) is 0 Å². The van der Waals surface area contributed by atoms with Crippen molar-refractivity contribution < 1.29 is 4.79 Å². The summed E-state index contributed by atoms with van der Waals surface area (Å²) in [7, 11) is 0. The number of hydrogen-bond acceptors (Lipinski definition) is 3. The van der Waals surface area contributed by atoms with Crippen molar-refractivity contribution in [3.8, 4) is 0 Å². The molecule has 0 fully saturated rings. The van der Waals surface area contributed by atoms with Crippen LogP contribution in [0.15, 0.2) is 71.5 Å². The molecule has 1 amide bonds. The van der Waals surface area contributed by atoms with Crippen molar-refractivity contribution in [2.24, 2.45) is 0 Å². The van der Waals surface area contributed by atoms with Crippen molar-refractivity contribution in [2.75, 3.05) is 4.90 Å². The summed E-state index contributed by atoms with van der Waals surface area (Å²) in [6.45, 7) is 0.362. The van der Waals surface area contributed by atoms with Gasteiger partial charge < -0.3 is 4.90 Å². The van der Waals surface area contributed by atoms with Gasteiger partial charge in [0.25, 0.3) is 5.91 Å². The van der Waals surface area contributed by atoms with Crippen LogP contribution in [-0.4, -0.2) is 15.9 Å². The van der Waals surface area contributed by atoms with Gasteiger partial charge in [-0.05, 0) is 48.5 Å². The standard InChI is InChI=1S/C18H13BrClN3O/c19-14-4-6-16(7-5-14)23(12-15-3-1-2-9-21-15)18(24)13-8-10-22-17(20)11-13/h1-11H,12H2. The van der Waals surface area contributed by atoms with E-state index >= 15 is 0 Å². The lowest BCUT2D eigenvalue weighted by molar-refractivity contribution is 0.0984. The molecule has 1 aromatic carbocycles. The van der Waals surface area contributed by atoms with Crippen molar-refractivity contribution in [3.63, 3.8) is 0 Å². The number of hydrogen-bond donors (Lipinski definition) is 0. The number of amides is 1. The third-order valence-corrected chi connectivity index (χ3v) is 4.14. The second kappa shape index (κ2) is 7.55. The number of halogens is 2. The maximum atomic E-state index is 13.0. The van der Waals surface area contributed by atoms with E-state index in [0.29, 0.717) is 12.1 Å². The van der Waals surface area contributed by atoms with Crippen molar-refractivity contribution in [1.29, 1.82) is 0 Å². The molecule has 3 rings (SSSR count). The van der Waals surface area contributed by atoms with E-state index in [1.807, 2.05) is 42.5 Å². The Kier molecular flexibility index (Phi) is 5.23. The quantitative estimate of drug-likeness (QED) is 0.592. The van der Waals surface area contributed by atoms with Gasteiger partial charge in [0.2, 0.25) is 0 Å². The third-order valence-electron chi connectivity index (χ3n) is 3.40. The number of carbonyl (C=O) groups is 1. The lowest BCUT2D eigenvalue weighted by Gasteiger charge is -2.23. The Morgan fingerprint density at radius 1 is 1.04 bits per heavy atom. The topological polar surface area (TPSA) is 46.1 Å². The van der Waals surface area contributed by atoms with Crippen LogP contribution in [0.4, 0.5) is 5.69 Å². The van der Waals surface area contributed by atoms with Crippen LogP contribution in [0.5, 0.6) is 0 Å². The first-order valence-electron chi connectivity index (χ1n) is 7.22. The molecule has 0 N–H and O–H groups in total. The highest BCUT2D eigenvalue weighted by molar-refractivity contribution is 9.10. The fraction of sp³-hybridized carbons (Fsp3) is 0.0556. The zero-order valence-electron chi connectivity index (χ0n) is 12.6. The summed E-state index contributed by atoms with van der Waals surface area (Å²) in [5.41, 5.74) is 2.06. The van der Waals surface area contributed by atoms with E-state index in [2.05, 4.69) is 25.9 Å². The Balaban J connectivity index is 1.97. The summed E-state index contributed by atoms with van der Waals surface area (Å²) in [6, 6.07) is 16.4.